The Labute approximate surface area is 134 Å². The summed E-state index contributed by atoms with van der Waals surface area (Å²) in [5, 5.41) is 2.60. The van der Waals surface area contributed by atoms with Gasteiger partial charge < -0.3 is 19.9 Å². The Kier molecular flexibility index (Phi) is 4.06. The van der Waals surface area contributed by atoms with Gasteiger partial charge in [-0.1, -0.05) is 0 Å². The van der Waals surface area contributed by atoms with Crippen LogP contribution in [0.1, 0.15) is 12.8 Å². The zero-order chi connectivity index (χ0) is 16.4. The number of ether oxygens (including phenoxy) is 1. The first-order chi connectivity index (χ1) is 11.1. The van der Waals surface area contributed by atoms with Crippen molar-refractivity contribution < 1.29 is 14.3 Å². The summed E-state index contributed by atoms with van der Waals surface area (Å²) in [5.41, 5.74) is -0.816. The lowest BCUT2D eigenvalue weighted by atomic mass is 10.0. The second kappa shape index (κ2) is 6.02. The highest BCUT2D eigenvalue weighted by Gasteiger charge is 2.57. The van der Waals surface area contributed by atoms with Crippen molar-refractivity contribution in [3.8, 4) is 5.88 Å². The van der Waals surface area contributed by atoms with E-state index in [9.17, 15) is 9.59 Å². The summed E-state index contributed by atoms with van der Waals surface area (Å²) < 4.78 is 5.11. The average molecular weight is 319 g/mol. The summed E-state index contributed by atoms with van der Waals surface area (Å²) >= 11 is 0. The molecule has 3 rings (SSSR count). The minimum absolute atomic E-state index is 0.0527. The van der Waals surface area contributed by atoms with Gasteiger partial charge in [0, 0.05) is 45.5 Å². The van der Waals surface area contributed by atoms with Crippen molar-refractivity contribution in [3.05, 3.63) is 12.3 Å². The largest absolute Gasteiger partial charge is 0.481 e. The Morgan fingerprint density at radius 3 is 2.52 bits per heavy atom. The zero-order valence-corrected chi connectivity index (χ0v) is 13.4. The molecule has 8 nitrogen and oxygen atoms in total. The lowest BCUT2D eigenvalue weighted by Crippen LogP contribution is -2.53. The Morgan fingerprint density at radius 2 is 1.96 bits per heavy atom. The van der Waals surface area contributed by atoms with Gasteiger partial charge in [-0.2, -0.15) is 4.98 Å². The molecule has 1 saturated heterocycles. The summed E-state index contributed by atoms with van der Waals surface area (Å²) in [6.45, 7) is 2.42. The minimum atomic E-state index is -0.816. The van der Waals surface area contributed by atoms with E-state index in [1.165, 1.54) is 0 Å². The molecule has 0 atom stereocenters. The monoisotopic (exact) mass is 319 g/mol. The number of anilines is 1. The molecule has 2 heterocycles. The number of nitrogens with one attached hydrogen (secondary N) is 1. The predicted molar refractivity (Wildman–Crippen MR) is 83.1 cm³/mol. The number of hydrogen-bond acceptors (Lipinski definition) is 6. The highest BCUT2D eigenvalue weighted by Crippen LogP contribution is 2.47. The van der Waals surface area contributed by atoms with Crippen LogP contribution in [-0.4, -0.2) is 67.0 Å². The molecular formula is C15H21N5O3. The second-order valence-electron chi connectivity index (χ2n) is 5.84. The number of methoxy groups -OCH3 is 1. The van der Waals surface area contributed by atoms with E-state index in [2.05, 4.69) is 15.3 Å². The molecule has 0 spiro atoms. The van der Waals surface area contributed by atoms with Crippen molar-refractivity contribution in [2.24, 2.45) is 5.41 Å². The van der Waals surface area contributed by atoms with Gasteiger partial charge >= 0.3 is 0 Å². The predicted octanol–water partition coefficient (Wildman–Crippen LogP) is -0.340. The molecule has 1 aromatic heterocycles. The maximum absolute atomic E-state index is 12.6. The highest BCUT2D eigenvalue weighted by atomic mass is 16.5. The third kappa shape index (κ3) is 2.80. The van der Waals surface area contributed by atoms with Crippen LogP contribution in [-0.2, 0) is 9.59 Å². The number of rotatable bonds is 4. The summed E-state index contributed by atoms with van der Waals surface area (Å²) in [5.74, 6) is 0.901. The molecule has 1 aliphatic carbocycles. The van der Waals surface area contributed by atoms with E-state index in [0.717, 1.165) is 0 Å². The third-order valence-corrected chi connectivity index (χ3v) is 4.50. The van der Waals surface area contributed by atoms with Gasteiger partial charge in [0.05, 0.1) is 7.11 Å². The smallest absolute Gasteiger partial charge is 0.238 e. The van der Waals surface area contributed by atoms with Crippen LogP contribution >= 0.6 is 0 Å². The number of piperazine rings is 1. The molecule has 0 unspecified atom stereocenters. The maximum atomic E-state index is 12.6. The van der Waals surface area contributed by atoms with Gasteiger partial charge in [-0.05, 0) is 12.8 Å². The second-order valence-corrected chi connectivity index (χ2v) is 5.84. The molecule has 1 saturated carbocycles. The Balaban J connectivity index is 1.62. The number of hydrogen-bond donors (Lipinski definition) is 1. The van der Waals surface area contributed by atoms with E-state index in [0.29, 0.717) is 50.8 Å². The van der Waals surface area contributed by atoms with Crippen LogP contribution in [0.5, 0.6) is 5.88 Å². The van der Waals surface area contributed by atoms with Crippen LogP contribution in [0.3, 0.4) is 0 Å². The van der Waals surface area contributed by atoms with Crippen molar-refractivity contribution in [2.45, 2.75) is 12.8 Å². The first-order valence-electron chi connectivity index (χ1n) is 7.74. The van der Waals surface area contributed by atoms with Gasteiger partial charge in [-0.3, -0.25) is 9.59 Å². The van der Waals surface area contributed by atoms with Crippen LogP contribution in [0.25, 0.3) is 0 Å². The molecule has 1 aliphatic heterocycles. The number of carbonyl (C=O) groups excluding carboxylic acids is 2. The lowest BCUT2D eigenvalue weighted by molar-refractivity contribution is -0.144. The molecule has 0 radical (unpaired) electrons. The van der Waals surface area contributed by atoms with Crippen LogP contribution in [0.4, 0.5) is 5.95 Å². The quantitative estimate of drug-likeness (QED) is 0.764. The molecule has 8 heteroatoms. The zero-order valence-electron chi connectivity index (χ0n) is 13.4. The fourth-order valence-corrected chi connectivity index (χ4v) is 2.91. The first-order valence-corrected chi connectivity index (χ1v) is 7.74. The van der Waals surface area contributed by atoms with Crippen molar-refractivity contribution in [1.82, 2.24) is 20.2 Å². The van der Waals surface area contributed by atoms with Gasteiger partial charge in [-0.25, -0.2) is 4.98 Å². The van der Waals surface area contributed by atoms with Gasteiger partial charge in [0.25, 0.3) is 0 Å². The summed E-state index contributed by atoms with van der Waals surface area (Å²) in [6.07, 6.45) is 2.94. The van der Waals surface area contributed by atoms with Gasteiger partial charge in [0.15, 0.2) is 0 Å². The van der Waals surface area contributed by atoms with E-state index in [4.69, 9.17) is 4.74 Å². The van der Waals surface area contributed by atoms with Crippen LogP contribution in [0.2, 0.25) is 0 Å². The van der Waals surface area contributed by atoms with Gasteiger partial charge in [0.1, 0.15) is 5.41 Å². The van der Waals surface area contributed by atoms with E-state index in [1.54, 1.807) is 31.3 Å². The molecule has 0 aromatic carbocycles. The molecule has 23 heavy (non-hydrogen) atoms. The lowest BCUT2D eigenvalue weighted by Gasteiger charge is -2.36. The average Bonchev–Trinajstić information content (AvgIpc) is 3.42. The summed E-state index contributed by atoms with van der Waals surface area (Å²) in [6, 6.07) is 1.70. The van der Waals surface area contributed by atoms with Crippen LogP contribution in [0.15, 0.2) is 12.3 Å². The van der Waals surface area contributed by atoms with Crippen LogP contribution < -0.4 is 15.0 Å². The maximum Gasteiger partial charge on any atom is 0.238 e. The Bertz CT molecular complexity index is 609. The Hall–Kier alpha value is -2.38. The van der Waals surface area contributed by atoms with Gasteiger partial charge in [-0.15, -0.1) is 0 Å². The molecule has 2 amide bonds. The standard InChI is InChI=1S/C15H21N5O3/c1-16-12(21)15(4-5-15)13(22)19-7-9-20(10-8-19)14-17-6-3-11(18-14)23-2/h3,6H,4-5,7-10H2,1-2H3,(H,16,21). The number of aromatic nitrogens is 2. The summed E-state index contributed by atoms with van der Waals surface area (Å²) in [4.78, 5) is 36.9. The minimum Gasteiger partial charge on any atom is -0.481 e. The molecule has 1 N–H and O–H groups in total. The normalized spacial score (nSPS) is 19.2. The van der Waals surface area contributed by atoms with Crippen molar-refractivity contribution in [3.63, 3.8) is 0 Å². The van der Waals surface area contributed by atoms with Crippen molar-refractivity contribution in [2.75, 3.05) is 45.2 Å². The summed E-state index contributed by atoms with van der Waals surface area (Å²) in [7, 11) is 3.14. The van der Waals surface area contributed by atoms with E-state index in [-0.39, 0.29) is 11.8 Å². The van der Waals surface area contributed by atoms with Gasteiger partial charge in [0.2, 0.25) is 23.6 Å². The first kappa shape index (κ1) is 15.5. The third-order valence-electron chi connectivity index (χ3n) is 4.50. The fourth-order valence-electron chi connectivity index (χ4n) is 2.91. The number of nitrogens with zero attached hydrogens (tertiary/aromatic N) is 4. The van der Waals surface area contributed by atoms with E-state index >= 15 is 0 Å². The molecule has 1 aromatic rings. The molecule has 0 bridgehead atoms. The van der Waals surface area contributed by atoms with E-state index < -0.39 is 5.41 Å². The number of amides is 2. The molecule has 2 aliphatic rings. The fraction of sp³-hybridized carbons (Fsp3) is 0.600. The topological polar surface area (TPSA) is 87.7 Å². The molecular weight excluding hydrogens is 298 g/mol. The SMILES string of the molecule is CNC(=O)C1(C(=O)N2CCN(c3nccc(OC)n3)CC2)CC1. The van der Waals surface area contributed by atoms with Crippen LogP contribution in [0, 0.1) is 5.41 Å². The molecule has 2 fully saturated rings. The molecule has 124 valence electrons. The van der Waals surface area contributed by atoms with Crippen molar-refractivity contribution in [1.29, 1.82) is 0 Å². The van der Waals surface area contributed by atoms with Crippen molar-refractivity contribution >= 4 is 17.8 Å². The number of carbonyl (C=O) groups is 2. The highest BCUT2D eigenvalue weighted by molar-refractivity contribution is 6.07. The van der Waals surface area contributed by atoms with E-state index in [1.807, 2.05) is 4.90 Å². The Morgan fingerprint density at radius 1 is 1.26 bits per heavy atom.